The fraction of sp³-hybridized carbons (Fsp3) is 0.357. The molecule has 1 amide bonds. The van der Waals surface area contributed by atoms with Crippen LogP contribution in [-0.4, -0.2) is 15.9 Å². The molecule has 0 spiro atoms. The molecule has 0 aliphatic heterocycles. The standard InChI is InChI=1S/C14H16N4OS/c1-7-5-10(11-8(2)20-14(15)17-11)6-16-12(7)18-13(19)9-3-4-9/h5-6,9H,3-4H2,1-2H3,(H2,15,17)(H,16,18,19). The first-order valence-corrected chi connectivity index (χ1v) is 7.37. The highest BCUT2D eigenvalue weighted by Gasteiger charge is 2.30. The molecule has 0 bridgehead atoms. The van der Waals surface area contributed by atoms with Crippen molar-refractivity contribution in [1.29, 1.82) is 0 Å². The van der Waals surface area contributed by atoms with Crippen LogP contribution >= 0.6 is 11.3 Å². The highest BCUT2D eigenvalue weighted by molar-refractivity contribution is 7.15. The van der Waals surface area contributed by atoms with Crippen LogP contribution in [0.25, 0.3) is 11.3 Å². The number of nitrogen functional groups attached to an aromatic ring is 1. The first kappa shape index (κ1) is 13.1. The number of rotatable bonds is 3. The molecule has 5 nitrogen and oxygen atoms in total. The van der Waals surface area contributed by atoms with E-state index in [2.05, 4.69) is 15.3 Å². The fourth-order valence-electron chi connectivity index (χ4n) is 2.08. The number of thiazole rings is 1. The average molecular weight is 288 g/mol. The maximum atomic E-state index is 11.8. The Morgan fingerprint density at radius 3 is 2.75 bits per heavy atom. The fourth-order valence-corrected chi connectivity index (χ4v) is 2.79. The first-order valence-electron chi connectivity index (χ1n) is 6.55. The van der Waals surface area contributed by atoms with Crippen molar-refractivity contribution >= 4 is 28.2 Å². The third-order valence-electron chi connectivity index (χ3n) is 3.35. The van der Waals surface area contributed by atoms with Crippen LogP contribution in [0.15, 0.2) is 12.3 Å². The van der Waals surface area contributed by atoms with Crippen molar-refractivity contribution in [2.24, 2.45) is 5.92 Å². The van der Waals surface area contributed by atoms with Gasteiger partial charge in [0.25, 0.3) is 0 Å². The second kappa shape index (κ2) is 4.86. The number of aromatic nitrogens is 2. The lowest BCUT2D eigenvalue weighted by Crippen LogP contribution is -2.15. The smallest absolute Gasteiger partial charge is 0.228 e. The molecule has 0 unspecified atom stereocenters. The number of carbonyl (C=O) groups is 1. The average Bonchev–Trinajstić information content (AvgIpc) is 3.18. The van der Waals surface area contributed by atoms with Crippen LogP contribution in [0.4, 0.5) is 10.9 Å². The second-order valence-electron chi connectivity index (χ2n) is 5.11. The van der Waals surface area contributed by atoms with E-state index in [1.165, 1.54) is 11.3 Å². The SMILES string of the molecule is Cc1cc(-c2nc(N)sc2C)cnc1NC(=O)C1CC1. The number of carbonyl (C=O) groups excluding carboxylic acids is 1. The molecule has 2 aromatic rings. The van der Waals surface area contributed by atoms with Gasteiger partial charge in [0.15, 0.2) is 5.13 Å². The van der Waals surface area contributed by atoms with Crippen LogP contribution in [0.3, 0.4) is 0 Å². The topological polar surface area (TPSA) is 80.9 Å². The van der Waals surface area contributed by atoms with Gasteiger partial charge in [0.05, 0.1) is 5.69 Å². The zero-order valence-corrected chi connectivity index (χ0v) is 12.3. The summed E-state index contributed by atoms with van der Waals surface area (Å²) in [6.07, 6.45) is 3.71. The molecular formula is C14H16N4OS. The predicted octanol–water partition coefficient (Wildman–Crippen LogP) is 2.75. The Balaban J connectivity index is 1.86. The molecule has 6 heteroatoms. The van der Waals surface area contributed by atoms with E-state index in [9.17, 15) is 4.79 Å². The zero-order chi connectivity index (χ0) is 14.3. The predicted molar refractivity (Wildman–Crippen MR) is 80.6 cm³/mol. The monoisotopic (exact) mass is 288 g/mol. The Bertz CT molecular complexity index is 676. The Morgan fingerprint density at radius 2 is 2.20 bits per heavy atom. The molecule has 0 atom stereocenters. The summed E-state index contributed by atoms with van der Waals surface area (Å²) in [7, 11) is 0. The number of aryl methyl sites for hydroxylation is 2. The number of pyridine rings is 1. The molecule has 2 aromatic heterocycles. The van der Waals surface area contributed by atoms with Gasteiger partial charge in [-0.3, -0.25) is 4.79 Å². The minimum absolute atomic E-state index is 0.0717. The number of nitrogens with one attached hydrogen (secondary N) is 1. The summed E-state index contributed by atoms with van der Waals surface area (Å²) in [4.78, 5) is 21.5. The highest BCUT2D eigenvalue weighted by atomic mass is 32.1. The van der Waals surface area contributed by atoms with Gasteiger partial charge in [0.1, 0.15) is 5.82 Å². The van der Waals surface area contributed by atoms with E-state index in [-0.39, 0.29) is 11.8 Å². The van der Waals surface area contributed by atoms with Crippen LogP contribution in [0.5, 0.6) is 0 Å². The lowest BCUT2D eigenvalue weighted by atomic mass is 10.1. The molecule has 0 aromatic carbocycles. The lowest BCUT2D eigenvalue weighted by Gasteiger charge is -2.08. The van der Waals surface area contributed by atoms with E-state index >= 15 is 0 Å². The van der Waals surface area contributed by atoms with E-state index in [0.29, 0.717) is 10.9 Å². The number of anilines is 2. The number of nitrogens with zero attached hydrogens (tertiary/aromatic N) is 2. The van der Waals surface area contributed by atoms with Crippen molar-refractivity contribution in [2.45, 2.75) is 26.7 Å². The minimum Gasteiger partial charge on any atom is -0.375 e. The van der Waals surface area contributed by atoms with Crippen molar-refractivity contribution in [3.8, 4) is 11.3 Å². The van der Waals surface area contributed by atoms with Gasteiger partial charge in [0, 0.05) is 22.6 Å². The molecule has 1 fully saturated rings. The summed E-state index contributed by atoms with van der Waals surface area (Å²) in [5.74, 6) is 0.880. The van der Waals surface area contributed by atoms with Gasteiger partial charge >= 0.3 is 0 Å². The molecule has 3 rings (SSSR count). The largest absolute Gasteiger partial charge is 0.375 e. The van der Waals surface area contributed by atoms with Crippen molar-refractivity contribution in [2.75, 3.05) is 11.1 Å². The van der Waals surface area contributed by atoms with Crippen molar-refractivity contribution in [3.05, 3.63) is 22.7 Å². The van der Waals surface area contributed by atoms with Gasteiger partial charge in [-0.1, -0.05) is 0 Å². The Labute approximate surface area is 121 Å². The molecule has 20 heavy (non-hydrogen) atoms. The molecule has 2 heterocycles. The summed E-state index contributed by atoms with van der Waals surface area (Å²) < 4.78 is 0. The van der Waals surface area contributed by atoms with Gasteiger partial charge in [0.2, 0.25) is 5.91 Å². The Morgan fingerprint density at radius 1 is 1.45 bits per heavy atom. The van der Waals surface area contributed by atoms with E-state index in [1.807, 2.05) is 19.9 Å². The molecule has 0 saturated heterocycles. The van der Waals surface area contributed by atoms with Gasteiger partial charge in [-0.25, -0.2) is 9.97 Å². The second-order valence-corrected chi connectivity index (χ2v) is 6.34. The van der Waals surface area contributed by atoms with Crippen LogP contribution in [0.2, 0.25) is 0 Å². The van der Waals surface area contributed by atoms with Crippen LogP contribution in [-0.2, 0) is 4.79 Å². The van der Waals surface area contributed by atoms with Crippen molar-refractivity contribution in [3.63, 3.8) is 0 Å². The molecule has 1 saturated carbocycles. The summed E-state index contributed by atoms with van der Waals surface area (Å²) in [5.41, 5.74) is 8.45. The first-order chi connectivity index (χ1) is 9.54. The van der Waals surface area contributed by atoms with Crippen LogP contribution in [0, 0.1) is 19.8 Å². The quantitative estimate of drug-likeness (QED) is 0.910. The van der Waals surface area contributed by atoms with Crippen molar-refractivity contribution in [1.82, 2.24) is 9.97 Å². The van der Waals surface area contributed by atoms with Crippen LogP contribution in [0.1, 0.15) is 23.3 Å². The van der Waals surface area contributed by atoms with Gasteiger partial charge < -0.3 is 11.1 Å². The number of nitrogens with two attached hydrogens (primary N) is 1. The number of hydrogen-bond donors (Lipinski definition) is 2. The Hall–Kier alpha value is -1.95. The summed E-state index contributed by atoms with van der Waals surface area (Å²) >= 11 is 1.47. The van der Waals surface area contributed by atoms with Crippen molar-refractivity contribution < 1.29 is 4.79 Å². The maximum absolute atomic E-state index is 11.8. The summed E-state index contributed by atoms with van der Waals surface area (Å²) in [6, 6.07) is 1.98. The maximum Gasteiger partial charge on any atom is 0.228 e. The number of amides is 1. The zero-order valence-electron chi connectivity index (χ0n) is 11.4. The normalized spacial score (nSPS) is 14.3. The third kappa shape index (κ3) is 2.51. The van der Waals surface area contributed by atoms with E-state index in [1.54, 1.807) is 6.20 Å². The third-order valence-corrected chi connectivity index (χ3v) is 4.15. The molecule has 1 aliphatic carbocycles. The summed E-state index contributed by atoms with van der Waals surface area (Å²) in [6.45, 7) is 3.92. The number of hydrogen-bond acceptors (Lipinski definition) is 5. The lowest BCUT2D eigenvalue weighted by molar-refractivity contribution is -0.117. The van der Waals surface area contributed by atoms with Gasteiger partial charge in [-0.2, -0.15) is 0 Å². The van der Waals surface area contributed by atoms with Gasteiger partial charge in [-0.05, 0) is 38.3 Å². The molecule has 3 N–H and O–H groups in total. The van der Waals surface area contributed by atoms with Gasteiger partial charge in [-0.15, -0.1) is 11.3 Å². The molecule has 0 radical (unpaired) electrons. The minimum atomic E-state index is 0.0717. The van der Waals surface area contributed by atoms with E-state index in [4.69, 9.17) is 5.73 Å². The Kier molecular flexibility index (Phi) is 3.17. The summed E-state index contributed by atoms with van der Waals surface area (Å²) in [5, 5.41) is 3.43. The molecule has 1 aliphatic rings. The van der Waals surface area contributed by atoms with E-state index < -0.39 is 0 Å². The van der Waals surface area contributed by atoms with Crippen LogP contribution < -0.4 is 11.1 Å². The molecule has 104 valence electrons. The van der Waals surface area contributed by atoms with E-state index in [0.717, 1.165) is 34.5 Å². The molecular weight excluding hydrogens is 272 g/mol. The highest BCUT2D eigenvalue weighted by Crippen LogP contribution is 2.32.